The number of carbonyl (C=O) groups is 1. The predicted octanol–water partition coefficient (Wildman–Crippen LogP) is 3.77. The fourth-order valence-corrected chi connectivity index (χ4v) is 2.43. The summed E-state index contributed by atoms with van der Waals surface area (Å²) in [6.07, 6.45) is 0. The minimum atomic E-state index is -0.440. The van der Waals surface area contributed by atoms with Gasteiger partial charge in [0.2, 0.25) is 0 Å². The SMILES string of the molecule is CC(C)(N)CNC(=O)c1csc(-c2ccc(Cl)cc2)n1.Cl.Cl. The zero-order chi connectivity index (χ0) is 14.8. The fourth-order valence-electron chi connectivity index (χ4n) is 1.50. The number of benzene rings is 1. The number of thiazole rings is 1. The van der Waals surface area contributed by atoms with Crippen molar-refractivity contribution in [1.82, 2.24) is 10.3 Å². The van der Waals surface area contributed by atoms with Crippen molar-refractivity contribution >= 4 is 53.7 Å². The van der Waals surface area contributed by atoms with Crippen LogP contribution in [0.15, 0.2) is 29.6 Å². The van der Waals surface area contributed by atoms with Gasteiger partial charge in [-0.05, 0) is 26.0 Å². The summed E-state index contributed by atoms with van der Waals surface area (Å²) in [5, 5.41) is 5.98. The molecule has 8 heteroatoms. The summed E-state index contributed by atoms with van der Waals surface area (Å²) in [5.41, 5.74) is 6.74. The monoisotopic (exact) mass is 381 g/mol. The molecular weight excluding hydrogens is 365 g/mol. The van der Waals surface area contributed by atoms with E-state index in [0.717, 1.165) is 10.6 Å². The van der Waals surface area contributed by atoms with Crippen LogP contribution in [0.1, 0.15) is 24.3 Å². The third-order valence-corrected chi connectivity index (χ3v) is 3.68. The summed E-state index contributed by atoms with van der Waals surface area (Å²) in [5.74, 6) is -0.208. The molecule has 0 saturated carbocycles. The normalized spacial score (nSPS) is 10.4. The van der Waals surface area contributed by atoms with Gasteiger partial charge in [-0.15, -0.1) is 36.2 Å². The second kappa shape index (κ2) is 8.70. The van der Waals surface area contributed by atoms with Crippen LogP contribution in [0.4, 0.5) is 0 Å². The van der Waals surface area contributed by atoms with Gasteiger partial charge in [0.25, 0.3) is 5.91 Å². The van der Waals surface area contributed by atoms with E-state index in [9.17, 15) is 4.79 Å². The summed E-state index contributed by atoms with van der Waals surface area (Å²) in [6, 6.07) is 7.36. The summed E-state index contributed by atoms with van der Waals surface area (Å²) in [7, 11) is 0. The smallest absolute Gasteiger partial charge is 0.270 e. The zero-order valence-corrected chi connectivity index (χ0v) is 15.3. The molecule has 2 rings (SSSR count). The van der Waals surface area contributed by atoms with E-state index in [1.165, 1.54) is 11.3 Å². The van der Waals surface area contributed by atoms with E-state index in [1.807, 2.05) is 26.0 Å². The number of hydrogen-bond acceptors (Lipinski definition) is 4. The first kappa shape index (κ1) is 21.1. The van der Waals surface area contributed by atoms with Crippen molar-refractivity contribution in [1.29, 1.82) is 0 Å². The lowest BCUT2D eigenvalue weighted by atomic mass is 10.1. The first-order valence-corrected chi connectivity index (χ1v) is 7.39. The molecule has 0 bridgehead atoms. The number of aromatic nitrogens is 1. The van der Waals surface area contributed by atoms with Gasteiger partial charge >= 0.3 is 0 Å². The van der Waals surface area contributed by atoms with Crippen molar-refractivity contribution in [3.63, 3.8) is 0 Å². The Morgan fingerprint density at radius 2 is 1.91 bits per heavy atom. The van der Waals surface area contributed by atoms with Gasteiger partial charge in [-0.25, -0.2) is 4.98 Å². The van der Waals surface area contributed by atoms with Crippen molar-refractivity contribution in [3.8, 4) is 10.6 Å². The molecule has 2 aromatic rings. The van der Waals surface area contributed by atoms with E-state index in [-0.39, 0.29) is 30.7 Å². The minimum Gasteiger partial charge on any atom is -0.349 e. The first-order valence-electron chi connectivity index (χ1n) is 6.14. The third kappa shape index (κ3) is 6.10. The molecule has 22 heavy (non-hydrogen) atoms. The van der Waals surface area contributed by atoms with E-state index in [2.05, 4.69) is 10.3 Å². The molecule has 122 valence electrons. The average Bonchev–Trinajstić information content (AvgIpc) is 2.85. The number of nitrogens with zero attached hydrogens (tertiary/aromatic N) is 1. The quantitative estimate of drug-likeness (QED) is 0.845. The fraction of sp³-hybridized carbons (Fsp3) is 0.286. The molecular formula is C14H18Cl3N3OS. The maximum atomic E-state index is 11.9. The minimum absolute atomic E-state index is 0. The Kier molecular flexibility index (Phi) is 8.36. The van der Waals surface area contributed by atoms with Gasteiger partial charge in [0.05, 0.1) is 0 Å². The van der Waals surface area contributed by atoms with Crippen LogP contribution in [0.3, 0.4) is 0 Å². The maximum Gasteiger partial charge on any atom is 0.270 e. The summed E-state index contributed by atoms with van der Waals surface area (Å²) >= 11 is 7.27. The molecule has 1 heterocycles. The number of rotatable bonds is 4. The van der Waals surface area contributed by atoms with Crippen molar-refractivity contribution in [2.75, 3.05) is 6.54 Å². The molecule has 0 radical (unpaired) electrons. The Morgan fingerprint density at radius 3 is 2.45 bits per heavy atom. The topological polar surface area (TPSA) is 68.0 Å². The van der Waals surface area contributed by atoms with Gasteiger partial charge in [-0.1, -0.05) is 23.7 Å². The number of halogens is 3. The second-order valence-corrected chi connectivity index (χ2v) is 6.51. The Hall–Kier alpha value is -0.850. The van der Waals surface area contributed by atoms with Crippen LogP contribution in [0.5, 0.6) is 0 Å². The second-order valence-electron chi connectivity index (χ2n) is 5.22. The number of amides is 1. The Morgan fingerprint density at radius 1 is 1.32 bits per heavy atom. The standard InChI is InChI=1S/C14H16ClN3OS.2ClH/c1-14(2,16)8-17-12(19)11-7-20-13(18-11)9-3-5-10(15)6-4-9;;/h3-7H,8,16H2,1-2H3,(H,17,19);2*1H. The van der Waals surface area contributed by atoms with Crippen LogP contribution in [0.2, 0.25) is 5.02 Å². The number of nitrogens with one attached hydrogen (secondary N) is 1. The van der Waals surface area contributed by atoms with Crippen LogP contribution in [0, 0.1) is 0 Å². The molecule has 0 aliphatic rings. The molecule has 0 saturated heterocycles. The van der Waals surface area contributed by atoms with E-state index < -0.39 is 5.54 Å². The molecule has 0 unspecified atom stereocenters. The highest BCUT2D eigenvalue weighted by molar-refractivity contribution is 7.13. The molecule has 0 atom stereocenters. The summed E-state index contributed by atoms with van der Waals surface area (Å²) in [4.78, 5) is 16.3. The summed E-state index contributed by atoms with van der Waals surface area (Å²) < 4.78 is 0. The largest absolute Gasteiger partial charge is 0.349 e. The molecule has 1 aromatic carbocycles. The molecule has 0 fully saturated rings. The zero-order valence-electron chi connectivity index (χ0n) is 12.1. The van der Waals surface area contributed by atoms with Gasteiger partial charge in [-0.3, -0.25) is 4.79 Å². The lowest BCUT2D eigenvalue weighted by Crippen LogP contribution is -2.45. The maximum absolute atomic E-state index is 11.9. The van der Waals surface area contributed by atoms with Crippen molar-refractivity contribution in [2.45, 2.75) is 19.4 Å². The van der Waals surface area contributed by atoms with Crippen LogP contribution in [-0.2, 0) is 0 Å². The van der Waals surface area contributed by atoms with Gasteiger partial charge in [0.1, 0.15) is 10.7 Å². The molecule has 1 aromatic heterocycles. The van der Waals surface area contributed by atoms with E-state index >= 15 is 0 Å². The third-order valence-electron chi connectivity index (χ3n) is 2.53. The van der Waals surface area contributed by atoms with Crippen LogP contribution in [-0.4, -0.2) is 23.0 Å². The van der Waals surface area contributed by atoms with Crippen molar-refractivity contribution < 1.29 is 4.79 Å². The first-order chi connectivity index (χ1) is 9.35. The van der Waals surface area contributed by atoms with Gasteiger partial charge < -0.3 is 11.1 Å². The van der Waals surface area contributed by atoms with Crippen LogP contribution >= 0.6 is 47.8 Å². The van der Waals surface area contributed by atoms with Gasteiger partial charge in [-0.2, -0.15) is 0 Å². The van der Waals surface area contributed by atoms with Gasteiger partial charge in [0.15, 0.2) is 0 Å². The highest BCUT2D eigenvalue weighted by Gasteiger charge is 2.15. The highest BCUT2D eigenvalue weighted by Crippen LogP contribution is 2.25. The Bertz CT molecular complexity index is 609. The van der Waals surface area contributed by atoms with E-state index in [4.69, 9.17) is 17.3 Å². The van der Waals surface area contributed by atoms with Crippen LogP contribution < -0.4 is 11.1 Å². The highest BCUT2D eigenvalue weighted by atomic mass is 35.5. The molecule has 0 aliphatic heterocycles. The van der Waals surface area contributed by atoms with Crippen LogP contribution in [0.25, 0.3) is 10.6 Å². The predicted molar refractivity (Wildman–Crippen MR) is 97.7 cm³/mol. The van der Waals surface area contributed by atoms with E-state index in [1.54, 1.807) is 17.5 Å². The molecule has 3 N–H and O–H groups in total. The van der Waals surface area contributed by atoms with E-state index in [0.29, 0.717) is 17.3 Å². The summed E-state index contributed by atoms with van der Waals surface area (Å²) in [6.45, 7) is 4.11. The average molecular weight is 383 g/mol. The Balaban J connectivity index is 0.00000220. The molecule has 4 nitrogen and oxygen atoms in total. The lowest BCUT2D eigenvalue weighted by molar-refractivity contribution is 0.0942. The molecule has 0 aliphatic carbocycles. The van der Waals surface area contributed by atoms with Crippen molar-refractivity contribution in [2.24, 2.45) is 5.73 Å². The number of nitrogens with two attached hydrogens (primary N) is 1. The lowest BCUT2D eigenvalue weighted by Gasteiger charge is -2.18. The molecule has 0 spiro atoms. The molecule has 1 amide bonds. The van der Waals surface area contributed by atoms with Crippen molar-refractivity contribution in [3.05, 3.63) is 40.4 Å². The number of hydrogen-bond donors (Lipinski definition) is 2. The Labute approximate surface area is 151 Å². The van der Waals surface area contributed by atoms with Gasteiger partial charge in [0, 0.05) is 28.0 Å². The number of carbonyl (C=O) groups excluding carboxylic acids is 1.